The van der Waals surface area contributed by atoms with Gasteiger partial charge in [-0.2, -0.15) is 0 Å². The molecule has 0 atom stereocenters. The van der Waals surface area contributed by atoms with Crippen LogP contribution in [0.3, 0.4) is 0 Å². The third-order valence-corrected chi connectivity index (χ3v) is 9.24. The summed E-state index contributed by atoms with van der Waals surface area (Å²) in [6.07, 6.45) is 0. The van der Waals surface area contributed by atoms with E-state index >= 15 is 0 Å². The summed E-state index contributed by atoms with van der Waals surface area (Å²) in [5, 5.41) is 4.68. The minimum absolute atomic E-state index is 0.919. The van der Waals surface area contributed by atoms with Gasteiger partial charge in [-0.15, -0.1) is 0 Å². The Labute approximate surface area is 279 Å². The number of hydrogen-bond acceptors (Lipinski definition) is 2. The van der Waals surface area contributed by atoms with Gasteiger partial charge < -0.3 is 9.32 Å². The summed E-state index contributed by atoms with van der Waals surface area (Å²) in [6, 6.07) is 67.0. The summed E-state index contributed by atoms with van der Waals surface area (Å²) in [6.45, 7) is 0. The summed E-state index contributed by atoms with van der Waals surface area (Å²) in [7, 11) is 0. The van der Waals surface area contributed by atoms with Crippen molar-refractivity contribution in [2.24, 2.45) is 0 Å². The number of furan rings is 1. The fourth-order valence-corrected chi connectivity index (χ4v) is 6.85. The van der Waals surface area contributed by atoms with Gasteiger partial charge in [-0.25, -0.2) is 0 Å². The van der Waals surface area contributed by atoms with Crippen LogP contribution in [-0.4, -0.2) is 0 Å². The predicted molar refractivity (Wildman–Crippen MR) is 202 cm³/mol. The molecule has 0 aliphatic carbocycles. The molecule has 0 fully saturated rings. The Balaban J connectivity index is 1.14. The fourth-order valence-electron chi connectivity index (χ4n) is 6.85. The van der Waals surface area contributed by atoms with Crippen molar-refractivity contribution in [2.45, 2.75) is 0 Å². The first kappa shape index (κ1) is 27.9. The zero-order valence-electron chi connectivity index (χ0n) is 26.3. The van der Waals surface area contributed by atoms with E-state index in [2.05, 4.69) is 181 Å². The first-order valence-electron chi connectivity index (χ1n) is 16.3. The molecule has 226 valence electrons. The van der Waals surface area contributed by atoms with Crippen molar-refractivity contribution >= 4 is 49.8 Å². The number of benzene rings is 8. The molecule has 0 saturated heterocycles. The third kappa shape index (κ3) is 5.01. The third-order valence-electron chi connectivity index (χ3n) is 9.24. The van der Waals surface area contributed by atoms with Crippen LogP contribution in [0.2, 0.25) is 0 Å². The van der Waals surface area contributed by atoms with Gasteiger partial charge in [0.1, 0.15) is 11.2 Å². The lowest BCUT2D eigenvalue weighted by Crippen LogP contribution is -2.11. The van der Waals surface area contributed by atoms with Gasteiger partial charge in [0.05, 0.1) is 5.69 Å². The van der Waals surface area contributed by atoms with Crippen LogP contribution >= 0.6 is 0 Å². The molecule has 48 heavy (non-hydrogen) atoms. The predicted octanol–water partition coefficient (Wildman–Crippen LogP) is 13.2. The number of rotatable bonds is 6. The number of fused-ring (bicyclic) bond motifs is 4. The summed E-state index contributed by atoms with van der Waals surface area (Å²) >= 11 is 0. The molecule has 2 nitrogen and oxygen atoms in total. The maximum absolute atomic E-state index is 6.20. The highest BCUT2D eigenvalue weighted by atomic mass is 16.3. The topological polar surface area (TPSA) is 16.4 Å². The second-order valence-electron chi connectivity index (χ2n) is 12.2. The van der Waals surface area contributed by atoms with E-state index in [1.807, 2.05) is 12.1 Å². The van der Waals surface area contributed by atoms with E-state index in [1.54, 1.807) is 0 Å². The summed E-state index contributed by atoms with van der Waals surface area (Å²) < 4.78 is 6.20. The van der Waals surface area contributed by atoms with Crippen LogP contribution < -0.4 is 4.90 Å². The molecule has 0 amide bonds. The molecule has 0 N–H and O–H groups in total. The van der Waals surface area contributed by atoms with E-state index in [-0.39, 0.29) is 0 Å². The molecule has 0 aliphatic rings. The number of hydrogen-bond donors (Lipinski definition) is 0. The Morgan fingerprint density at radius 2 is 0.917 bits per heavy atom. The largest absolute Gasteiger partial charge is 0.456 e. The van der Waals surface area contributed by atoms with E-state index in [0.717, 1.165) is 39.0 Å². The minimum Gasteiger partial charge on any atom is -0.456 e. The van der Waals surface area contributed by atoms with Crippen LogP contribution in [0, 0.1) is 0 Å². The van der Waals surface area contributed by atoms with E-state index in [9.17, 15) is 0 Å². The maximum atomic E-state index is 6.20. The van der Waals surface area contributed by atoms with Crippen LogP contribution in [0.25, 0.3) is 66.1 Å². The number of nitrogens with zero attached hydrogens (tertiary/aromatic N) is 1. The molecule has 0 saturated carbocycles. The van der Waals surface area contributed by atoms with Crippen molar-refractivity contribution in [3.05, 3.63) is 188 Å². The van der Waals surface area contributed by atoms with Gasteiger partial charge >= 0.3 is 0 Å². The SMILES string of the molecule is c1ccc(-c2ccc(N(c3ccccc3)c3ccc(-c4ccc5cc6c(cc5c4)oc4ccccc46)cc3)c(-c3ccccc3)c2)cc1. The molecule has 0 spiro atoms. The number of para-hydroxylation sites is 2. The molecule has 0 aliphatic heterocycles. The highest BCUT2D eigenvalue weighted by molar-refractivity contribution is 6.10. The van der Waals surface area contributed by atoms with Gasteiger partial charge in [-0.3, -0.25) is 0 Å². The average molecular weight is 614 g/mol. The van der Waals surface area contributed by atoms with Crippen LogP contribution in [0.1, 0.15) is 0 Å². The zero-order chi connectivity index (χ0) is 31.9. The molecule has 0 bridgehead atoms. The normalized spacial score (nSPS) is 11.3. The maximum Gasteiger partial charge on any atom is 0.136 e. The molecular formula is C46H31NO. The molecule has 0 unspecified atom stereocenters. The van der Waals surface area contributed by atoms with Crippen LogP contribution in [-0.2, 0) is 0 Å². The van der Waals surface area contributed by atoms with Crippen molar-refractivity contribution in [3.8, 4) is 33.4 Å². The zero-order valence-corrected chi connectivity index (χ0v) is 26.3. The molecule has 8 aromatic carbocycles. The van der Waals surface area contributed by atoms with E-state index < -0.39 is 0 Å². The first-order chi connectivity index (χ1) is 23.8. The van der Waals surface area contributed by atoms with Crippen LogP contribution in [0.15, 0.2) is 192 Å². The summed E-state index contributed by atoms with van der Waals surface area (Å²) in [5.74, 6) is 0. The van der Waals surface area contributed by atoms with Gasteiger partial charge in [-0.05, 0) is 99.3 Å². The lowest BCUT2D eigenvalue weighted by molar-refractivity contribution is 0.669. The summed E-state index contributed by atoms with van der Waals surface area (Å²) in [4.78, 5) is 2.36. The quantitative estimate of drug-likeness (QED) is 0.185. The van der Waals surface area contributed by atoms with Crippen molar-refractivity contribution in [1.82, 2.24) is 0 Å². The highest BCUT2D eigenvalue weighted by Crippen LogP contribution is 2.43. The molecule has 1 heterocycles. The van der Waals surface area contributed by atoms with Crippen molar-refractivity contribution in [2.75, 3.05) is 4.90 Å². The van der Waals surface area contributed by atoms with Crippen LogP contribution in [0.5, 0.6) is 0 Å². The van der Waals surface area contributed by atoms with Gasteiger partial charge in [0.25, 0.3) is 0 Å². The molecule has 2 heteroatoms. The van der Waals surface area contributed by atoms with E-state index in [4.69, 9.17) is 4.42 Å². The number of anilines is 3. The lowest BCUT2D eigenvalue weighted by atomic mass is 9.96. The lowest BCUT2D eigenvalue weighted by Gasteiger charge is -2.28. The summed E-state index contributed by atoms with van der Waals surface area (Å²) in [5.41, 5.74) is 12.3. The fraction of sp³-hybridized carbons (Fsp3) is 0. The monoisotopic (exact) mass is 613 g/mol. The molecule has 9 rings (SSSR count). The second kappa shape index (κ2) is 11.8. The van der Waals surface area contributed by atoms with Crippen molar-refractivity contribution < 1.29 is 4.42 Å². The average Bonchev–Trinajstić information content (AvgIpc) is 3.52. The van der Waals surface area contributed by atoms with E-state index in [1.165, 1.54) is 44.2 Å². The van der Waals surface area contributed by atoms with Crippen molar-refractivity contribution in [3.63, 3.8) is 0 Å². The van der Waals surface area contributed by atoms with Gasteiger partial charge in [0.15, 0.2) is 0 Å². The Morgan fingerprint density at radius 3 is 1.69 bits per heavy atom. The van der Waals surface area contributed by atoms with Gasteiger partial charge in [0, 0.05) is 27.7 Å². The smallest absolute Gasteiger partial charge is 0.136 e. The Kier molecular flexibility index (Phi) is 6.84. The molecular weight excluding hydrogens is 583 g/mol. The Bertz CT molecular complexity index is 2530. The molecule has 0 radical (unpaired) electrons. The second-order valence-corrected chi connectivity index (χ2v) is 12.2. The molecule has 9 aromatic rings. The van der Waals surface area contributed by atoms with Gasteiger partial charge in [-0.1, -0.05) is 127 Å². The van der Waals surface area contributed by atoms with E-state index in [0.29, 0.717) is 0 Å². The molecule has 1 aromatic heterocycles. The highest BCUT2D eigenvalue weighted by Gasteiger charge is 2.18. The van der Waals surface area contributed by atoms with Crippen molar-refractivity contribution in [1.29, 1.82) is 0 Å². The minimum atomic E-state index is 0.919. The first-order valence-corrected chi connectivity index (χ1v) is 16.3. The standard InChI is InChI=1S/C46H31NO/c1-4-12-32(13-5-1)36-24-27-44(42(29-36)34-14-6-2-7-15-34)47(39-16-8-3-9-17-39)40-25-22-33(23-26-40)35-20-21-37-30-43-41-18-10-11-19-45(41)48-46(43)31-38(37)28-35/h1-31H. The van der Waals surface area contributed by atoms with Crippen LogP contribution in [0.4, 0.5) is 17.1 Å². The van der Waals surface area contributed by atoms with Gasteiger partial charge in [0.2, 0.25) is 0 Å². The Hall–Kier alpha value is -6.38. The Morgan fingerprint density at radius 1 is 0.333 bits per heavy atom.